The molecule has 2 aromatic rings. The summed E-state index contributed by atoms with van der Waals surface area (Å²) in [5, 5.41) is 17.1. The van der Waals surface area contributed by atoms with E-state index in [0.717, 1.165) is 0 Å². The number of aryl methyl sites for hydroxylation is 1. The van der Waals surface area contributed by atoms with Crippen LogP contribution >= 0.6 is 0 Å². The first-order valence-corrected chi connectivity index (χ1v) is 11.2. The Balaban J connectivity index is 0.000000325. The van der Waals surface area contributed by atoms with Crippen LogP contribution in [0.2, 0.25) is 0 Å². The Bertz CT molecular complexity index is 692. The normalized spacial score (nSPS) is 10.2. The highest BCUT2D eigenvalue weighted by molar-refractivity contribution is 6.01. The molecule has 0 unspecified atom stereocenters. The third-order valence-electron chi connectivity index (χ3n) is 5.05. The quantitative estimate of drug-likeness (QED) is 0.340. The first-order valence-electron chi connectivity index (χ1n) is 11.2. The lowest BCUT2D eigenvalue weighted by Gasteiger charge is -2.03. The maximum atomic E-state index is 10.5. The molecule has 0 saturated carbocycles. The summed E-state index contributed by atoms with van der Waals surface area (Å²) in [7, 11) is 0. The molecule has 0 heterocycles. The van der Waals surface area contributed by atoms with Crippen molar-refractivity contribution in [1.82, 2.24) is 0 Å². The highest BCUT2D eigenvalue weighted by Crippen LogP contribution is 2.12. The molecule has 0 spiro atoms. The summed E-state index contributed by atoms with van der Waals surface area (Å²) in [6.45, 7) is 2.28. The fourth-order valence-corrected chi connectivity index (χ4v) is 3.32. The molecule has 30 heavy (non-hydrogen) atoms. The number of hydrogen-bond acceptors (Lipinski definition) is 2. The van der Waals surface area contributed by atoms with Crippen LogP contribution in [-0.4, -0.2) is 22.2 Å². The summed E-state index contributed by atoms with van der Waals surface area (Å²) in [5.41, 5.74) is 1.12. The number of aromatic carboxylic acids is 2. The van der Waals surface area contributed by atoms with Crippen LogP contribution in [0, 0.1) is 0 Å². The molecular formula is C26H36O4. The van der Waals surface area contributed by atoms with Gasteiger partial charge >= 0.3 is 11.9 Å². The number of benzene rings is 2. The number of carboxylic acids is 2. The van der Waals surface area contributed by atoms with Gasteiger partial charge in [0, 0.05) is 0 Å². The number of carbonyl (C=O) groups is 2. The standard InChI is InChI=1S/C18H30.C8H6O4/c1-2-3-4-5-6-7-8-9-10-12-15-18-16-13-11-14-17-18;9-7(10)5-3-1-2-4-6(5)8(11)12/h11,13-14,16-17H,2-10,12,15H2,1H3;1-4H,(H,9,10)(H,11,12). The molecule has 0 fully saturated rings. The minimum absolute atomic E-state index is 0.190. The largest absolute Gasteiger partial charge is 0.478 e. The Morgan fingerprint density at radius 3 is 1.43 bits per heavy atom. The molecule has 2 aromatic carbocycles. The summed E-state index contributed by atoms with van der Waals surface area (Å²) in [5.74, 6) is -2.46. The summed E-state index contributed by atoms with van der Waals surface area (Å²) in [6.07, 6.45) is 15.5. The van der Waals surface area contributed by atoms with Gasteiger partial charge in [0.05, 0.1) is 11.1 Å². The van der Waals surface area contributed by atoms with E-state index in [1.165, 1.54) is 100 Å². The Labute approximate surface area is 181 Å². The smallest absolute Gasteiger partial charge is 0.336 e. The van der Waals surface area contributed by atoms with Crippen molar-refractivity contribution in [2.45, 2.75) is 77.6 Å². The SMILES string of the molecule is CCCCCCCCCCCCc1ccccc1.O=C(O)c1ccccc1C(=O)O. The Morgan fingerprint density at radius 1 is 0.600 bits per heavy atom. The number of carboxylic acid groups (broad SMARTS) is 2. The van der Waals surface area contributed by atoms with Crippen LogP contribution in [0.4, 0.5) is 0 Å². The highest BCUT2D eigenvalue weighted by atomic mass is 16.4. The van der Waals surface area contributed by atoms with E-state index in [0.29, 0.717) is 0 Å². The van der Waals surface area contributed by atoms with Gasteiger partial charge in [-0.2, -0.15) is 0 Å². The van der Waals surface area contributed by atoms with E-state index in [1.807, 2.05) is 0 Å². The van der Waals surface area contributed by atoms with Crippen molar-refractivity contribution >= 4 is 11.9 Å². The monoisotopic (exact) mass is 412 g/mol. The van der Waals surface area contributed by atoms with Crippen LogP contribution in [-0.2, 0) is 6.42 Å². The second-order valence-corrected chi connectivity index (χ2v) is 7.57. The minimum atomic E-state index is -1.23. The molecule has 0 amide bonds. The third-order valence-corrected chi connectivity index (χ3v) is 5.05. The van der Waals surface area contributed by atoms with Gasteiger partial charge < -0.3 is 10.2 Å². The van der Waals surface area contributed by atoms with Gasteiger partial charge in [0.15, 0.2) is 0 Å². The number of rotatable bonds is 13. The molecule has 0 saturated heterocycles. The fourth-order valence-electron chi connectivity index (χ4n) is 3.32. The molecule has 2 N–H and O–H groups in total. The molecule has 4 nitrogen and oxygen atoms in total. The molecule has 0 bridgehead atoms. The average Bonchev–Trinajstić information content (AvgIpc) is 2.76. The summed E-state index contributed by atoms with van der Waals surface area (Å²) >= 11 is 0. The van der Waals surface area contributed by atoms with Crippen molar-refractivity contribution in [3.8, 4) is 0 Å². The first kappa shape index (κ1) is 25.4. The average molecular weight is 413 g/mol. The highest BCUT2D eigenvalue weighted by Gasteiger charge is 2.13. The molecule has 0 aromatic heterocycles. The van der Waals surface area contributed by atoms with Crippen molar-refractivity contribution in [3.63, 3.8) is 0 Å². The lowest BCUT2D eigenvalue weighted by atomic mass is 10.0. The molecule has 2 rings (SSSR count). The summed E-state index contributed by atoms with van der Waals surface area (Å²) in [4.78, 5) is 20.9. The maximum Gasteiger partial charge on any atom is 0.336 e. The molecule has 0 atom stereocenters. The van der Waals surface area contributed by atoms with Crippen molar-refractivity contribution in [1.29, 1.82) is 0 Å². The van der Waals surface area contributed by atoms with E-state index in [1.54, 1.807) is 0 Å². The van der Waals surface area contributed by atoms with Gasteiger partial charge in [-0.05, 0) is 30.5 Å². The molecule has 0 aliphatic rings. The lowest BCUT2D eigenvalue weighted by molar-refractivity contribution is 0.0651. The molecule has 164 valence electrons. The first-order chi connectivity index (χ1) is 14.6. The zero-order valence-electron chi connectivity index (χ0n) is 18.2. The fraction of sp³-hybridized carbons (Fsp3) is 0.462. The number of unbranched alkanes of at least 4 members (excludes halogenated alkanes) is 9. The number of hydrogen-bond donors (Lipinski definition) is 2. The van der Waals surface area contributed by atoms with Crippen LogP contribution in [0.1, 0.15) is 97.4 Å². The summed E-state index contributed by atoms with van der Waals surface area (Å²) in [6, 6.07) is 16.4. The Hall–Kier alpha value is -2.62. The topological polar surface area (TPSA) is 74.6 Å². The molecule has 0 radical (unpaired) electrons. The van der Waals surface area contributed by atoms with Crippen LogP contribution in [0.25, 0.3) is 0 Å². The van der Waals surface area contributed by atoms with Gasteiger partial charge in [-0.3, -0.25) is 0 Å². The van der Waals surface area contributed by atoms with Crippen LogP contribution in [0.15, 0.2) is 54.6 Å². The van der Waals surface area contributed by atoms with Gasteiger partial charge in [-0.1, -0.05) is 107 Å². The van der Waals surface area contributed by atoms with Gasteiger partial charge in [-0.25, -0.2) is 9.59 Å². The van der Waals surface area contributed by atoms with Crippen LogP contribution < -0.4 is 0 Å². The van der Waals surface area contributed by atoms with Crippen LogP contribution in [0.3, 0.4) is 0 Å². The Kier molecular flexibility index (Phi) is 13.7. The van der Waals surface area contributed by atoms with E-state index in [9.17, 15) is 9.59 Å². The zero-order valence-corrected chi connectivity index (χ0v) is 18.2. The van der Waals surface area contributed by atoms with Crippen molar-refractivity contribution < 1.29 is 19.8 Å². The predicted molar refractivity (Wildman–Crippen MR) is 122 cm³/mol. The maximum absolute atomic E-state index is 10.5. The van der Waals surface area contributed by atoms with Gasteiger partial charge in [0.25, 0.3) is 0 Å². The molecule has 4 heteroatoms. The third kappa shape index (κ3) is 11.4. The van der Waals surface area contributed by atoms with E-state index < -0.39 is 11.9 Å². The van der Waals surface area contributed by atoms with Gasteiger partial charge in [-0.15, -0.1) is 0 Å². The van der Waals surface area contributed by atoms with Gasteiger partial charge in [0.2, 0.25) is 0 Å². The zero-order chi connectivity index (χ0) is 22.0. The predicted octanol–water partition coefficient (Wildman–Crippen LogP) is 7.23. The molecule has 0 aliphatic carbocycles. The lowest BCUT2D eigenvalue weighted by Crippen LogP contribution is -2.06. The van der Waals surface area contributed by atoms with Crippen molar-refractivity contribution in [2.24, 2.45) is 0 Å². The van der Waals surface area contributed by atoms with E-state index in [4.69, 9.17) is 10.2 Å². The van der Waals surface area contributed by atoms with Crippen molar-refractivity contribution in [3.05, 3.63) is 71.3 Å². The van der Waals surface area contributed by atoms with E-state index >= 15 is 0 Å². The van der Waals surface area contributed by atoms with E-state index in [-0.39, 0.29) is 11.1 Å². The van der Waals surface area contributed by atoms with E-state index in [2.05, 4.69) is 37.3 Å². The molecular weight excluding hydrogens is 376 g/mol. The van der Waals surface area contributed by atoms with Gasteiger partial charge in [0.1, 0.15) is 0 Å². The minimum Gasteiger partial charge on any atom is -0.478 e. The second-order valence-electron chi connectivity index (χ2n) is 7.57. The second kappa shape index (κ2) is 16.2. The Morgan fingerprint density at radius 2 is 1.00 bits per heavy atom. The summed E-state index contributed by atoms with van der Waals surface area (Å²) < 4.78 is 0. The van der Waals surface area contributed by atoms with Crippen molar-refractivity contribution in [2.75, 3.05) is 0 Å². The van der Waals surface area contributed by atoms with Crippen LogP contribution in [0.5, 0.6) is 0 Å². The molecule has 0 aliphatic heterocycles.